The first kappa shape index (κ1) is 13.5. The van der Waals surface area contributed by atoms with Crippen LogP contribution in [0.2, 0.25) is 0 Å². The average molecular weight is 287 g/mol. The second-order valence-electron chi connectivity index (χ2n) is 5.23. The molecule has 20 heavy (non-hydrogen) atoms. The Morgan fingerprint density at radius 1 is 1.05 bits per heavy atom. The highest BCUT2D eigenvalue weighted by molar-refractivity contribution is 7.12. The molecule has 0 unspecified atom stereocenters. The molecule has 0 atom stereocenters. The molecular weight excluding hydrogens is 266 g/mol. The second kappa shape index (κ2) is 5.85. The van der Waals surface area contributed by atoms with Gasteiger partial charge in [-0.25, -0.2) is 0 Å². The summed E-state index contributed by atoms with van der Waals surface area (Å²) in [6.07, 6.45) is 0. The summed E-state index contributed by atoms with van der Waals surface area (Å²) in [6, 6.07) is 13.2. The predicted octanol–water partition coefficient (Wildman–Crippen LogP) is 2.92. The van der Waals surface area contributed by atoms with E-state index in [1.54, 1.807) is 0 Å². The molecule has 3 nitrogen and oxygen atoms in total. The van der Waals surface area contributed by atoms with Gasteiger partial charge in [-0.05, 0) is 31.3 Å². The molecule has 1 N–H and O–H groups in total. The summed E-state index contributed by atoms with van der Waals surface area (Å²) in [4.78, 5) is 7.68. The maximum atomic E-state index is 3.21. The Hall–Kier alpha value is -1.52. The lowest BCUT2D eigenvalue weighted by Crippen LogP contribution is -2.38. The van der Waals surface area contributed by atoms with Crippen molar-refractivity contribution < 1.29 is 0 Å². The van der Waals surface area contributed by atoms with Crippen molar-refractivity contribution in [1.82, 2.24) is 5.32 Å². The van der Waals surface area contributed by atoms with Crippen LogP contribution in [-0.4, -0.2) is 27.2 Å². The van der Waals surface area contributed by atoms with Crippen LogP contribution in [0.5, 0.6) is 0 Å². The molecular formula is C16H21N3S. The number of hydrogen-bond acceptors (Lipinski definition) is 4. The summed E-state index contributed by atoms with van der Waals surface area (Å²) in [5, 5.41) is 3.21. The Bertz CT molecular complexity index is 579. The maximum Gasteiger partial charge on any atom is 0.0607 e. The minimum atomic E-state index is 0.962. The van der Waals surface area contributed by atoms with Crippen LogP contribution in [0.1, 0.15) is 9.75 Å². The number of fused-ring (bicyclic) bond motifs is 1. The van der Waals surface area contributed by atoms with Gasteiger partial charge < -0.3 is 15.1 Å². The molecule has 2 aromatic rings. The fraction of sp³-hybridized carbons (Fsp3) is 0.375. The number of nitrogens with zero attached hydrogens (tertiary/aromatic N) is 2. The normalized spacial score (nSPS) is 14.5. The number of nitrogens with one attached hydrogen (secondary N) is 1. The van der Waals surface area contributed by atoms with Crippen LogP contribution in [0, 0.1) is 0 Å². The molecule has 4 heteroatoms. The molecule has 106 valence electrons. The van der Waals surface area contributed by atoms with Crippen LogP contribution < -0.4 is 15.1 Å². The molecule has 1 aliphatic heterocycles. The Morgan fingerprint density at radius 3 is 2.60 bits per heavy atom. The van der Waals surface area contributed by atoms with Crippen LogP contribution in [0.4, 0.5) is 11.4 Å². The van der Waals surface area contributed by atoms with Crippen LogP contribution in [0.15, 0.2) is 36.4 Å². The van der Waals surface area contributed by atoms with E-state index in [-0.39, 0.29) is 0 Å². The van der Waals surface area contributed by atoms with E-state index in [9.17, 15) is 0 Å². The highest BCUT2D eigenvalue weighted by atomic mass is 32.1. The van der Waals surface area contributed by atoms with E-state index in [2.05, 4.69) is 58.6 Å². The third-order valence-corrected chi connectivity index (χ3v) is 4.82. The molecule has 0 saturated heterocycles. The van der Waals surface area contributed by atoms with Gasteiger partial charge in [0.1, 0.15) is 0 Å². The quantitative estimate of drug-likeness (QED) is 0.933. The number of anilines is 2. The number of benzene rings is 1. The fourth-order valence-electron chi connectivity index (χ4n) is 2.69. The Kier molecular flexibility index (Phi) is 3.94. The highest BCUT2D eigenvalue weighted by Crippen LogP contribution is 2.33. The van der Waals surface area contributed by atoms with Gasteiger partial charge in [0.25, 0.3) is 0 Å². The Labute approximate surface area is 124 Å². The van der Waals surface area contributed by atoms with Gasteiger partial charge >= 0.3 is 0 Å². The second-order valence-corrected chi connectivity index (χ2v) is 6.48. The lowest BCUT2D eigenvalue weighted by molar-refractivity contribution is 0.740. The number of thiophene rings is 1. The molecule has 0 bridgehead atoms. The highest BCUT2D eigenvalue weighted by Gasteiger charge is 2.20. The molecule has 0 fully saturated rings. The van der Waals surface area contributed by atoms with Crippen LogP contribution in [0.25, 0.3) is 0 Å². The summed E-state index contributed by atoms with van der Waals surface area (Å²) in [5.41, 5.74) is 2.69. The zero-order chi connectivity index (χ0) is 13.9. The minimum absolute atomic E-state index is 0.962. The molecule has 0 radical (unpaired) electrons. The van der Waals surface area contributed by atoms with Crippen molar-refractivity contribution >= 4 is 22.7 Å². The summed E-state index contributed by atoms with van der Waals surface area (Å²) in [7, 11) is 4.17. The van der Waals surface area contributed by atoms with Crippen molar-refractivity contribution in [1.29, 1.82) is 0 Å². The Balaban J connectivity index is 1.79. The molecule has 0 amide bonds. The van der Waals surface area contributed by atoms with Gasteiger partial charge in [0.15, 0.2) is 0 Å². The van der Waals surface area contributed by atoms with E-state index in [1.165, 1.54) is 21.1 Å². The van der Waals surface area contributed by atoms with Crippen LogP contribution >= 0.6 is 11.3 Å². The molecule has 0 aliphatic carbocycles. The largest absolute Gasteiger partial charge is 0.371 e. The number of likely N-dealkylation sites (N-methyl/N-ethyl adjacent to an activating group) is 1. The molecule has 0 saturated carbocycles. The smallest absolute Gasteiger partial charge is 0.0607 e. The molecule has 1 aromatic carbocycles. The number of hydrogen-bond donors (Lipinski definition) is 1. The third kappa shape index (κ3) is 2.67. The monoisotopic (exact) mass is 287 g/mol. The van der Waals surface area contributed by atoms with Crippen LogP contribution in [0.3, 0.4) is 0 Å². The predicted molar refractivity (Wildman–Crippen MR) is 87.8 cm³/mol. The van der Waals surface area contributed by atoms with E-state index in [1.807, 2.05) is 18.4 Å². The zero-order valence-corrected chi connectivity index (χ0v) is 12.9. The zero-order valence-electron chi connectivity index (χ0n) is 12.1. The maximum absolute atomic E-state index is 3.21. The van der Waals surface area contributed by atoms with E-state index < -0.39 is 0 Å². The molecule has 1 aromatic heterocycles. The van der Waals surface area contributed by atoms with E-state index in [0.29, 0.717) is 0 Å². The number of rotatable bonds is 4. The van der Waals surface area contributed by atoms with E-state index in [0.717, 1.165) is 26.2 Å². The first-order valence-electron chi connectivity index (χ1n) is 7.05. The SMILES string of the molecule is CNCc1ccc(CN2CCN(C)c3ccccc32)s1. The van der Waals surface area contributed by atoms with Crippen molar-refractivity contribution in [2.75, 3.05) is 37.0 Å². The first-order valence-corrected chi connectivity index (χ1v) is 7.87. The summed E-state index contributed by atoms with van der Waals surface area (Å²) in [6.45, 7) is 4.15. The summed E-state index contributed by atoms with van der Waals surface area (Å²) >= 11 is 1.91. The minimum Gasteiger partial charge on any atom is -0.371 e. The number of para-hydroxylation sites is 2. The fourth-order valence-corrected chi connectivity index (χ4v) is 3.74. The molecule has 1 aliphatic rings. The lowest BCUT2D eigenvalue weighted by Gasteiger charge is -2.36. The van der Waals surface area contributed by atoms with Crippen molar-refractivity contribution in [3.05, 3.63) is 46.2 Å². The summed E-state index contributed by atoms with van der Waals surface area (Å²) < 4.78 is 0. The van der Waals surface area contributed by atoms with E-state index in [4.69, 9.17) is 0 Å². The standard InChI is InChI=1S/C16H21N3S/c1-17-11-13-7-8-14(20-13)12-19-10-9-18(2)15-5-3-4-6-16(15)19/h3-8,17H,9-12H2,1-2H3. The van der Waals surface area contributed by atoms with Crippen molar-refractivity contribution in [2.45, 2.75) is 13.1 Å². The molecule has 2 heterocycles. The topological polar surface area (TPSA) is 18.5 Å². The Morgan fingerprint density at radius 2 is 1.80 bits per heavy atom. The van der Waals surface area contributed by atoms with Gasteiger partial charge in [0.05, 0.1) is 17.9 Å². The van der Waals surface area contributed by atoms with Gasteiger partial charge in [-0.3, -0.25) is 0 Å². The van der Waals surface area contributed by atoms with Gasteiger partial charge in [-0.2, -0.15) is 0 Å². The van der Waals surface area contributed by atoms with Gasteiger partial charge in [-0.1, -0.05) is 12.1 Å². The van der Waals surface area contributed by atoms with Crippen molar-refractivity contribution in [3.63, 3.8) is 0 Å². The molecule has 3 rings (SSSR count). The van der Waals surface area contributed by atoms with Gasteiger partial charge in [0.2, 0.25) is 0 Å². The summed E-state index contributed by atoms with van der Waals surface area (Å²) in [5.74, 6) is 0. The average Bonchev–Trinajstić information content (AvgIpc) is 2.90. The van der Waals surface area contributed by atoms with E-state index >= 15 is 0 Å². The van der Waals surface area contributed by atoms with Gasteiger partial charge in [0, 0.05) is 36.4 Å². The van der Waals surface area contributed by atoms with Gasteiger partial charge in [-0.15, -0.1) is 11.3 Å². The molecule has 0 spiro atoms. The van der Waals surface area contributed by atoms with Crippen LogP contribution in [-0.2, 0) is 13.1 Å². The lowest BCUT2D eigenvalue weighted by atomic mass is 10.1. The van der Waals surface area contributed by atoms with Crippen molar-refractivity contribution in [2.24, 2.45) is 0 Å². The van der Waals surface area contributed by atoms with Crippen molar-refractivity contribution in [3.8, 4) is 0 Å². The first-order chi connectivity index (χ1) is 9.78. The third-order valence-electron chi connectivity index (χ3n) is 3.75.